The molecule has 0 aliphatic heterocycles. The number of nitrogens with zero attached hydrogens (tertiary/aromatic N) is 1. The zero-order valence-corrected chi connectivity index (χ0v) is 12.8. The van der Waals surface area contributed by atoms with E-state index in [1.54, 1.807) is 13.8 Å². The second-order valence-electron chi connectivity index (χ2n) is 4.37. The smallest absolute Gasteiger partial charge is 0.334 e. The molecule has 1 aromatic rings. The largest absolute Gasteiger partial charge is 0.508 e. The molecule has 8 nitrogen and oxygen atoms in total. The lowest BCUT2D eigenvalue weighted by Crippen LogP contribution is -2.13. The Morgan fingerprint density at radius 1 is 1.26 bits per heavy atom. The summed E-state index contributed by atoms with van der Waals surface area (Å²) in [4.78, 5) is 33.8. The van der Waals surface area contributed by atoms with Crippen LogP contribution in [0.1, 0.15) is 25.8 Å². The summed E-state index contributed by atoms with van der Waals surface area (Å²) in [6, 6.07) is 3.47. The molecule has 0 atom stereocenters. The molecule has 0 aliphatic carbocycles. The Hall–Kier alpha value is -2.90. The van der Waals surface area contributed by atoms with Crippen molar-refractivity contribution in [2.24, 2.45) is 0 Å². The van der Waals surface area contributed by atoms with Gasteiger partial charge in [0.1, 0.15) is 5.75 Å². The van der Waals surface area contributed by atoms with Gasteiger partial charge in [-0.25, -0.2) is 4.79 Å². The molecule has 0 aliphatic rings. The van der Waals surface area contributed by atoms with Crippen molar-refractivity contribution < 1.29 is 29.1 Å². The minimum atomic E-state index is -0.761. The molecule has 1 aromatic carbocycles. The van der Waals surface area contributed by atoms with E-state index in [1.807, 2.05) is 0 Å². The molecule has 0 unspecified atom stereocenters. The van der Waals surface area contributed by atoms with Gasteiger partial charge in [0.15, 0.2) is 0 Å². The highest BCUT2D eigenvalue weighted by Gasteiger charge is 2.19. The van der Waals surface area contributed by atoms with E-state index in [2.05, 4.69) is 0 Å². The monoisotopic (exact) mass is 323 g/mol. The summed E-state index contributed by atoms with van der Waals surface area (Å²) in [5.74, 6) is -1.69. The van der Waals surface area contributed by atoms with Gasteiger partial charge < -0.3 is 14.6 Å². The van der Waals surface area contributed by atoms with Gasteiger partial charge in [-0.2, -0.15) is 0 Å². The molecule has 0 bridgehead atoms. The van der Waals surface area contributed by atoms with Crippen LogP contribution in [-0.4, -0.2) is 35.2 Å². The maximum atomic E-state index is 11.9. The van der Waals surface area contributed by atoms with E-state index in [0.717, 1.165) is 6.07 Å². The molecule has 0 saturated heterocycles. The molecule has 23 heavy (non-hydrogen) atoms. The molecule has 0 saturated carbocycles. The van der Waals surface area contributed by atoms with Gasteiger partial charge in [-0.05, 0) is 32.1 Å². The SMILES string of the molecule is CCOC(=O)C/C(=C\c1ccc(O)cc1[N+](=O)[O-])C(=O)OCC. The first-order valence-electron chi connectivity index (χ1n) is 6.89. The van der Waals surface area contributed by atoms with Crippen LogP contribution in [0.4, 0.5) is 5.69 Å². The third-order valence-corrected chi connectivity index (χ3v) is 2.72. The van der Waals surface area contributed by atoms with E-state index >= 15 is 0 Å². The Kier molecular flexibility index (Phi) is 6.72. The normalized spacial score (nSPS) is 11.0. The average Bonchev–Trinajstić information content (AvgIpc) is 2.48. The number of carbonyl (C=O) groups excluding carboxylic acids is 2. The molecule has 0 radical (unpaired) electrons. The Morgan fingerprint density at radius 2 is 1.91 bits per heavy atom. The van der Waals surface area contributed by atoms with Crippen molar-refractivity contribution in [2.45, 2.75) is 20.3 Å². The Labute approximate surface area is 132 Å². The number of ether oxygens (including phenoxy) is 2. The molecular weight excluding hydrogens is 306 g/mol. The molecule has 0 amide bonds. The first kappa shape index (κ1) is 18.1. The Bertz CT molecular complexity index is 637. The highest BCUT2D eigenvalue weighted by molar-refractivity contribution is 5.98. The van der Waals surface area contributed by atoms with Crippen LogP contribution in [0.5, 0.6) is 5.75 Å². The number of esters is 2. The zero-order valence-electron chi connectivity index (χ0n) is 12.8. The van der Waals surface area contributed by atoms with E-state index in [4.69, 9.17) is 9.47 Å². The van der Waals surface area contributed by atoms with Gasteiger partial charge in [-0.1, -0.05) is 0 Å². The zero-order chi connectivity index (χ0) is 17.4. The van der Waals surface area contributed by atoms with Gasteiger partial charge >= 0.3 is 11.9 Å². The molecule has 0 heterocycles. The Morgan fingerprint density at radius 3 is 2.48 bits per heavy atom. The second kappa shape index (κ2) is 8.52. The van der Waals surface area contributed by atoms with E-state index < -0.39 is 22.5 Å². The molecule has 1 N–H and O–H groups in total. The van der Waals surface area contributed by atoms with E-state index in [-0.39, 0.29) is 36.5 Å². The number of hydrogen-bond donors (Lipinski definition) is 1. The van der Waals surface area contributed by atoms with Gasteiger partial charge in [0.2, 0.25) is 0 Å². The standard InChI is InChI=1S/C15H17NO7/c1-3-22-14(18)8-11(15(19)23-4-2)7-10-5-6-12(17)9-13(10)16(20)21/h5-7,9,17H,3-4,8H2,1-2H3/b11-7+. The predicted molar refractivity (Wildman–Crippen MR) is 80.6 cm³/mol. The fourth-order valence-corrected chi connectivity index (χ4v) is 1.77. The van der Waals surface area contributed by atoms with Crippen LogP contribution in [0, 0.1) is 10.1 Å². The number of phenols is 1. The average molecular weight is 323 g/mol. The fourth-order valence-electron chi connectivity index (χ4n) is 1.77. The number of carbonyl (C=O) groups is 2. The summed E-state index contributed by atoms with van der Waals surface area (Å²) in [5, 5.41) is 20.4. The highest BCUT2D eigenvalue weighted by Crippen LogP contribution is 2.26. The minimum absolute atomic E-state index is 0.0696. The van der Waals surface area contributed by atoms with Crippen molar-refractivity contribution in [1.29, 1.82) is 0 Å². The van der Waals surface area contributed by atoms with Crippen molar-refractivity contribution in [3.63, 3.8) is 0 Å². The molecule has 1 rings (SSSR count). The number of nitro benzene ring substituents is 1. The minimum Gasteiger partial charge on any atom is -0.508 e. The second-order valence-corrected chi connectivity index (χ2v) is 4.37. The highest BCUT2D eigenvalue weighted by atomic mass is 16.6. The van der Waals surface area contributed by atoms with E-state index in [1.165, 1.54) is 18.2 Å². The van der Waals surface area contributed by atoms with Gasteiger partial charge in [0.25, 0.3) is 5.69 Å². The number of aromatic hydroxyl groups is 1. The predicted octanol–water partition coefficient (Wildman–Crippen LogP) is 2.20. The lowest BCUT2D eigenvalue weighted by atomic mass is 10.1. The van der Waals surface area contributed by atoms with E-state index in [9.17, 15) is 24.8 Å². The third kappa shape index (κ3) is 5.42. The first-order valence-corrected chi connectivity index (χ1v) is 6.89. The molecule has 0 spiro atoms. The lowest BCUT2D eigenvalue weighted by molar-refractivity contribution is -0.385. The number of nitro groups is 1. The number of rotatable bonds is 7. The molecule has 124 valence electrons. The maximum Gasteiger partial charge on any atom is 0.334 e. The summed E-state index contributed by atoms with van der Waals surface area (Å²) >= 11 is 0. The van der Waals surface area contributed by atoms with Crippen molar-refractivity contribution in [2.75, 3.05) is 13.2 Å². The summed E-state index contributed by atoms with van der Waals surface area (Å²) < 4.78 is 9.62. The van der Waals surface area contributed by atoms with Crippen LogP contribution < -0.4 is 0 Å². The summed E-state index contributed by atoms with van der Waals surface area (Å²) in [6.07, 6.45) is 0.817. The van der Waals surface area contributed by atoms with Crippen molar-refractivity contribution in [1.82, 2.24) is 0 Å². The summed E-state index contributed by atoms with van der Waals surface area (Å²) in [6.45, 7) is 3.46. The number of hydrogen-bond acceptors (Lipinski definition) is 7. The van der Waals surface area contributed by atoms with E-state index in [0.29, 0.717) is 0 Å². The maximum absolute atomic E-state index is 11.9. The Balaban J connectivity index is 3.25. The molecule has 8 heteroatoms. The molecule has 0 aromatic heterocycles. The van der Waals surface area contributed by atoms with Crippen molar-refractivity contribution in [3.05, 3.63) is 39.4 Å². The van der Waals surface area contributed by atoms with Gasteiger partial charge in [0, 0.05) is 5.57 Å². The molecule has 0 fully saturated rings. The van der Waals surface area contributed by atoms with Gasteiger partial charge in [-0.15, -0.1) is 0 Å². The van der Waals surface area contributed by atoms with Crippen molar-refractivity contribution in [3.8, 4) is 5.75 Å². The third-order valence-electron chi connectivity index (χ3n) is 2.72. The van der Waals surface area contributed by atoms with Crippen LogP contribution in [-0.2, 0) is 19.1 Å². The van der Waals surface area contributed by atoms with Crippen LogP contribution >= 0.6 is 0 Å². The first-order chi connectivity index (χ1) is 10.9. The van der Waals surface area contributed by atoms with Gasteiger partial charge in [0.05, 0.1) is 36.2 Å². The summed E-state index contributed by atoms with van der Waals surface area (Å²) in [5.41, 5.74) is -0.394. The topological polar surface area (TPSA) is 116 Å². The van der Waals surface area contributed by atoms with Crippen molar-refractivity contribution >= 4 is 23.7 Å². The van der Waals surface area contributed by atoms with Crippen LogP contribution in [0.15, 0.2) is 23.8 Å². The van der Waals surface area contributed by atoms with Crippen LogP contribution in [0.3, 0.4) is 0 Å². The number of phenolic OH excluding ortho intramolecular Hbond substituents is 1. The van der Waals surface area contributed by atoms with Crippen LogP contribution in [0.25, 0.3) is 6.08 Å². The quantitative estimate of drug-likeness (QED) is 0.354. The number of benzene rings is 1. The van der Waals surface area contributed by atoms with Crippen LogP contribution in [0.2, 0.25) is 0 Å². The lowest BCUT2D eigenvalue weighted by Gasteiger charge is -2.07. The summed E-state index contributed by atoms with van der Waals surface area (Å²) in [7, 11) is 0. The molecular formula is C15H17NO7. The van der Waals surface area contributed by atoms with Gasteiger partial charge in [-0.3, -0.25) is 14.9 Å². The fraction of sp³-hybridized carbons (Fsp3) is 0.333.